The summed E-state index contributed by atoms with van der Waals surface area (Å²) in [5, 5.41) is 13.8. The number of aromatic nitrogens is 1. The van der Waals surface area contributed by atoms with Gasteiger partial charge in [-0.1, -0.05) is 11.6 Å². The van der Waals surface area contributed by atoms with Gasteiger partial charge in [0.25, 0.3) is 0 Å². The minimum Gasteiger partial charge on any atom is -0.390 e. The smallest absolute Gasteiger partial charge is 0.211 e. The second-order valence-electron chi connectivity index (χ2n) is 4.71. The van der Waals surface area contributed by atoms with E-state index in [9.17, 15) is 13.5 Å². The second kappa shape index (κ2) is 6.30. The van der Waals surface area contributed by atoms with E-state index >= 15 is 0 Å². The Hall–Kier alpha value is -0.160. The van der Waals surface area contributed by atoms with Crippen LogP contribution in [0.3, 0.4) is 0 Å². The fourth-order valence-electron chi connectivity index (χ4n) is 2.06. The monoisotopic (exact) mass is 431 g/mol. The summed E-state index contributed by atoms with van der Waals surface area (Å²) in [6.45, 7) is 0.486. The summed E-state index contributed by atoms with van der Waals surface area (Å²) >= 11 is 8.00. The van der Waals surface area contributed by atoms with Gasteiger partial charge in [-0.2, -0.15) is 4.31 Å². The van der Waals surface area contributed by atoms with Gasteiger partial charge in [-0.3, -0.25) is 0 Å². The van der Waals surface area contributed by atoms with Gasteiger partial charge in [-0.25, -0.2) is 13.4 Å². The van der Waals surface area contributed by atoms with Crippen molar-refractivity contribution < 1.29 is 13.5 Å². The molecule has 2 atom stereocenters. The summed E-state index contributed by atoms with van der Waals surface area (Å²) in [6.07, 6.45) is 2.45. The molecule has 1 fully saturated rings. The van der Waals surface area contributed by atoms with Crippen LogP contribution in [0.25, 0.3) is 0 Å². The first kappa shape index (κ1) is 16.2. The van der Waals surface area contributed by atoms with Crippen molar-refractivity contribution >= 4 is 50.0 Å². The molecule has 2 rings (SSSR count). The normalized spacial score (nSPS) is 24.6. The van der Waals surface area contributed by atoms with Crippen molar-refractivity contribution in [3.05, 3.63) is 20.9 Å². The molecule has 1 aliphatic heterocycles. The van der Waals surface area contributed by atoms with Gasteiger partial charge in [0.2, 0.25) is 10.0 Å². The Balaban J connectivity index is 2.03. The Bertz CT molecular complexity index is 599. The summed E-state index contributed by atoms with van der Waals surface area (Å²) in [6, 6.07) is 1.57. The molecule has 0 bridgehead atoms. The molecule has 0 aromatic carbocycles. The summed E-state index contributed by atoms with van der Waals surface area (Å²) in [7, 11) is -3.26. The van der Waals surface area contributed by atoms with E-state index in [1.807, 2.05) is 0 Å². The zero-order valence-electron chi connectivity index (χ0n) is 10.8. The molecule has 1 aliphatic rings. The minimum absolute atomic E-state index is 0.0984. The number of aliphatic hydroxyl groups is 1. The fourth-order valence-corrected chi connectivity index (χ4v) is 3.45. The highest BCUT2D eigenvalue weighted by atomic mass is 127. The average molecular weight is 432 g/mol. The van der Waals surface area contributed by atoms with Gasteiger partial charge in [0.05, 0.1) is 23.4 Å². The lowest BCUT2D eigenvalue weighted by Crippen LogP contribution is -2.51. The quantitative estimate of drug-likeness (QED) is 0.702. The van der Waals surface area contributed by atoms with E-state index in [-0.39, 0.29) is 12.6 Å². The van der Waals surface area contributed by atoms with Crippen LogP contribution in [0.15, 0.2) is 12.3 Å². The molecule has 0 radical (unpaired) electrons. The van der Waals surface area contributed by atoms with Crippen molar-refractivity contribution in [3.63, 3.8) is 0 Å². The molecule has 20 heavy (non-hydrogen) atoms. The van der Waals surface area contributed by atoms with Crippen LogP contribution in [0.4, 0.5) is 5.82 Å². The summed E-state index contributed by atoms with van der Waals surface area (Å²) in [4.78, 5) is 4.14. The maximum absolute atomic E-state index is 11.4. The van der Waals surface area contributed by atoms with Gasteiger partial charge in [-0.05, 0) is 35.1 Å². The fraction of sp³-hybridized carbons (Fsp3) is 0.545. The highest BCUT2D eigenvalue weighted by molar-refractivity contribution is 14.1. The highest BCUT2D eigenvalue weighted by Gasteiger charge is 2.31. The molecule has 0 unspecified atom stereocenters. The average Bonchev–Trinajstić information content (AvgIpc) is 2.35. The molecule has 1 saturated heterocycles. The lowest BCUT2D eigenvalue weighted by atomic mass is 10.0. The predicted octanol–water partition coefficient (Wildman–Crippen LogP) is 1.15. The molecule has 6 nitrogen and oxygen atoms in total. The Kier molecular flexibility index (Phi) is 5.11. The number of pyridine rings is 1. The van der Waals surface area contributed by atoms with Gasteiger partial charge >= 0.3 is 0 Å². The second-order valence-corrected chi connectivity index (χ2v) is 8.26. The standard InChI is InChI=1S/C11H15ClIN3O3S/c1-20(18,19)16-3-2-9(10(17)6-16)15-11-4-8(13)7(12)5-14-11/h4-5,9-10,17H,2-3,6H2,1H3,(H,14,15)/t9-,10-/m1/s1. The number of rotatable bonds is 3. The van der Waals surface area contributed by atoms with Crippen molar-refractivity contribution in [2.24, 2.45) is 0 Å². The Morgan fingerprint density at radius 3 is 2.85 bits per heavy atom. The number of nitrogens with zero attached hydrogens (tertiary/aromatic N) is 2. The maximum atomic E-state index is 11.4. The number of sulfonamides is 1. The van der Waals surface area contributed by atoms with Gasteiger partial charge in [0, 0.05) is 22.9 Å². The first-order chi connectivity index (χ1) is 9.27. The number of β-amino-alcohol motifs (C(OH)–C–C–N with tert-alkyl or cyclic N) is 1. The van der Waals surface area contributed by atoms with Gasteiger partial charge in [0.15, 0.2) is 0 Å². The molecule has 0 saturated carbocycles. The Labute approximate surface area is 136 Å². The van der Waals surface area contributed by atoms with Crippen LogP contribution in [0, 0.1) is 3.57 Å². The molecule has 0 aliphatic carbocycles. The largest absolute Gasteiger partial charge is 0.390 e. The molecule has 2 N–H and O–H groups in total. The molecule has 9 heteroatoms. The number of halogens is 2. The van der Waals surface area contributed by atoms with E-state index in [4.69, 9.17) is 11.6 Å². The van der Waals surface area contributed by atoms with Crippen LogP contribution >= 0.6 is 34.2 Å². The van der Waals surface area contributed by atoms with Crippen molar-refractivity contribution in [1.29, 1.82) is 0 Å². The molecular weight excluding hydrogens is 417 g/mol. The molecule has 2 heterocycles. The van der Waals surface area contributed by atoms with Crippen LogP contribution in [0.1, 0.15) is 6.42 Å². The van der Waals surface area contributed by atoms with E-state index in [0.29, 0.717) is 23.8 Å². The number of hydrogen-bond acceptors (Lipinski definition) is 5. The number of aliphatic hydroxyl groups excluding tert-OH is 1. The maximum Gasteiger partial charge on any atom is 0.211 e. The molecule has 0 amide bonds. The van der Waals surface area contributed by atoms with Crippen molar-refractivity contribution in [3.8, 4) is 0 Å². The van der Waals surface area contributed by atoms with Crippen LogP contribution in [-0.4, -0.2) is 54.3 Å². The van der Waals surface area contributed by atoms with E-state index < -0.39 is 16.1 Å². The molecule has 1 aromatic rings. The SMILES string of the molecule is CS(=O)(=O)N1CC[C@@H](Nc2cc(I)c(Cl)cn2)[C@H](O)C1. The van der Waals surface area contributed by atoms with E-state index in [0.717, 1.165) is 9.83 Å². The highest BCUT2D eigenvalue weighted by Crippen LogP contribution is 2.22. The van der Waals surface area contributed by atoms with E-state index in [1.54, 1.807) is 12.3 Å². The van der Waals surface area contributed by atoms with Crippen molar-refractivity contribution in [2.45, 2.75) is 18.6 Å². The Morgan fingerprint density at radius 1 is 1.60 bits per heavy atom. The zero-order valence-corrected chi connectivity index (χ0v) is 14.5. The third-order valence-corrected chi connectivity index (χ3v) is 5.94. The Morgan fingerprint density at radius 2 is 2.30 bits per heavy atom. The summed E-state index contributed by atoms with van der Waals surface area (Å²) in [5.41, 5.74) is 0. The summed E-state index contributed by atoms with van der Waals surface area (Å²) < 4.78 is 25.0. The van der Waals surface area contributed by atoms with Crippen molar-refractivity contribution in [2.75, 3.05) is 24.7 Å². The van der Waals surface area contributed by atoms with Crippen molar-refractivity contribution in [1.82, 2.24) is 9.29 Å². The van der Waals surface area contributed by atoms with Gasteiger partial charge in [0.1, 0.15) is 5.82 Å². The van der Waals surface area contributed by atoms with Crippen LogP contribution < -0.4 is 5.32 Å². The lowest BCUT2D eigenvalue weighted by Gasteiger charge is -2.35. The van der Waals surface area contributed by atoms with Crippen LogP contribution in [0.5, 0.6) is 0 Å². The van der Waals surface area contributed by atoms with Crippen LogP contribution in [0.2, 0.25) is 5.02 Å². The number of nitrogens with one attached hydrogen (secondary N) is 1. The molecule has 0 spiro atoms. The van der Waals surface area contributed by atoms with Gasteiger partial charge in [-0.15, -0.1) is 0 Å². The molecule has 112 valence electrons. The molecular formula is C11H15ClIN3O3S. The first-order valence-electron chi connectivity index (χ1n) is 5.98. The topological polar surface area (TPSA) is 82.5 Å². The summed E-state index contributed by atoms with van der Waals surface area (Å²) in [5.74, 6) is 0.621. The first-order valence-corrected chi connectivity index (χ1v) is 9.28. The third-order valence-electron chi connectivity index (χ3n) is 3.16. The lowest BCUT2D eigenvalue weighted by molar-refractivity contribution is 0.0952. The minimum atomic E-state index is -3.26. The van der Waals surface area contributed by atoms with E-state index in [2.05, 4.69) is 32.9 Å². The number of piperidine rings is 1. The molecule has 1 aromatic heterocycles. The zero-order chi connectivity index (χ0) is 14.9. The number of hydrogen-bond donors (Lipinski definition) is 2. The number of anilines is 1. The predicted molar refractivity (Wildman–Crippen MR) is 86.4 cm³/mol. The van der Waals surface area contributed by atoms with E-state index in [1.165, 1.54) is 4.31 Å². The van der Waals surface area contributed by atoms with Crippen LogP contribution in [-0.2, 0) is 10.0 Å². The van der Waals surface area contributed by atoms with Gasteiger partial charge < -0.3 is 10.4 Å². The third kappa shape index (κ3) is 3.94.